The molecule has 1 fully saturated rings. The maximum Gasteiger partial charge on any atom is 0.586 e. The van der Waals surface area contributed by atoms with Gasteiger partial charge in [0.25, 0.3) is 5.56 Å². The summed E-state index contributed by atoms with van der Waals surface area (Å²) in [7, 11) is 3.50. The highest BCUT2D eigenvalue weighted by atomic mass is 19.3. The highest BCUT2D eigenvalue weighted by Crippen LogP contribution is 2.52. The van der Waals surface area contributed by atoms with Gasteiger partial charge in [-0.05, 0) is 69.1 Å². The highest BCUT2D eigenvalue weighted by molar-refractivity contribution is 6.01. The van der Waals surface area contributed by atoms with Gasteiger partial charge < -0.3 is 34.2 Å². The third kappa shape index (κ3) is 7.33. The van der Waals surface area contributed by atoms with Crippen LogP contribution in [0, 0.1) is 6.92 Å². The number of benzene rings is 1. The molecule has 1 aliphatic carbocycles. The zero-order chi connectivity index (χ0) is 30.2. The van der Waals surface area contributed by atoms with Gasteiger partial charge in [-0.1, -0.05) is 12.1 Å². The SMILES string of the molecule is C=O.CCOC.CNCCn1cc(-c2nc(NC(=O)C3(c4ccc5c(c4)OC(F)(F)O5)CC3)ccc2C)ccc1=O. The Morgan fingerprint density at radius 2 is 1.80 bits per heavy atom. The van der Waals surface area contributed by atoms with Crippen LogP contribution < -0.4 is 25.7 Å². The van der Waals surface area contributed by atoms with E-state index in [-0.39, 0.29) is 23.0 Å². The van der Waals surface area contributed by atoms with Crippen LogP contribution in [0.25, 0.3) is 11.3 Å². The maximum atomic E-state index is 13.4. The van der Waals surface area contributed by atoms with Gasteiger partial charge in [-0.2, -0.15) is 0 Å². The van der Waals surface area contributed by atoms with Crippen molar-refractivity contribution in [1.82, 2.24) is 14.9 Å². The Kier molecular flexibility index (Phi) is 10.3. The molecule has 0 bridgehead atoms. The van der Waals surface area contributed by atoms with Gasteiger partial charge in [0.1, 0.15) is 12.6 Å². The second-order valence-corrected chi connectivity index (χ2v) is 9.36. The first-order valence-electron chi connectivity index (χ1n) is 12.9. The molecule has 41 heavy (non-hydrogen) atoms. The fourth-order valence-electron chi connectivity index (χ4n) is 4.22. The molecule has 220 valence electrons. The third-order valence-corrected chi connectivity index (χ3v) is 6.63. The van der Waals surface area contributed by atoms with Gasteiger partial charge in [0.05, 0.1) is 11.1 Å². The number of pyridine rings is 2. The molecule has 0 spiro atoms. The Balaban J connectivity index is 0.000000710. The molecule has 0 atom stereocenters. The molecule has 0 radical (unpaired) electrons. The number of aromatic nitrogens is 2. The number of fused-ring (bicyclic) bond motifs is 1. The summed E-state index contributed by atoms with van der Waals surface area (Å²) in [6, 6.07) is 11.2. The molecule has 12 heteroatoms. The molecule has 5 rings (SSSR count). The number of carbonyl (C=O) groups excluding carboxylic acids is 2. The van der Waals surface area contributed by atoms with Crippen molar-refractivity contribution in [1.29, 1.82) is 0 Å². The first-order chi connectivity index (χ1) is 19.6. The van der Waals surface area contributed by atoms with Crippen LogP contribution in [0.3, 0.4) is 0 Å². The summed E-state index contributed by atoms with van der Waals surface area (Å²) in [6.45, 7) is 7.84. The number of nitrogens with zero attached hydrogens (tertiary/aromatic N) is 2. The monoisotopic (exact) mass is 572 g/mol. The number of hydrogen-bond acceptors (Lipinski definition) is 8. The van der Waals surface area contributed by atoms with Gasteiger partial charge in [0.2, 0.25) is 5.91 Å². The quantitative estimate of drug-likeness (QED) is 0.417. The third-order valence-electron chi connectivity index (χ3n) is 6.63. The van der Waals surface area contributed by atoms with Crippen molar-refractivity contribution in [3.05, 3.63) is 70.1 Å². The molecule has 3 heterocycles. The van der Waals surface area contributed by atoms with Crippen molar-refractivity contribution >= 4 is 18.5 Å². The van der Waals surface area contributed by atoms with E-state index in [1.54, 1.807) is 36.1 Å². The van der Waals surface area contributed by atoms with Gasteiger partial charge in [0, 0.05) is 44.6 Å². The van der Waals surface area contributed by atoms with E-state index in [1.165, 1.54) is 18.2 Å². The van der Waals surface area contributed by atoms with Crippen LogP contribution in [0.1, 0.15) is 30.9 Å². The molecule has 2 N–H and O–H groups in total. The summed E-state index contributed by atoms with van der Waals surface area (Å²) in [6.07, 6.45) is -0.808. The Morgan fingerprint density at radius 1 is 1.12 bits per heavy atom. The number of rotatable bonds is 8. The predicted octanol–water partition coefficient (Wildman–Crippen LogP) is 3.90. The van der Waals surface area contributed by atoms with Crippen LogP contribution in [0.4, 0.5) is 14.6 Å². The molecular formula is C29H34F2N4O6. The number of likely N-dealkylation sites (N-methyl/N-ethyl adjacent to an activating group) is 1. The molecule has 3 aromatic rings. The molecule has 2 aromatic heterocycles. The van der Waals surface area contributed by atoms with Gasteiger partial charge in [-0.3, -0.25) is 9.59 Å². The molecule has 0 unspecified atom stereocenters. The van der Waals surface area contributed by atoms with Crippen LogP contribution in [0.15, 0.2) is 53.5 Å². The Morgan fingerprint density at radius 3 is 2.44 bits per heavy atom. The predicted molar refractivity (Wildman–Crippen MR) is 149 cm³/mol. The lowest BCUT2D eigenvalue weighted by atomic mass is 9.94. The number of anilines is 1. The molecule has 2 aliphatic rings. The Hall–Kier alpha value is -4.16. The second-order valence-electron chi connectivity index (χ2n) is 9.36. The Bertz CT molecular complexity index is 1420. The van der Waals surface area contributed by atoms with Crippen LogP contribution in [0.5, 0.6) is 11.5 Å². The zero-order valence-corrected chi connectivity index (χ0v) is 23.5. The number of methoxy groups -OCH3 is 1. The minimum Gasteiger partial charge on any atom is -0.395 e. The van der Waals surface area contributed by atoms with E-state index in [0.29, 0.717) is 43.0 Å². The number of halogens is 2. The molecule has 1 amide bonds. The lowest BCUT2D eigenvalue weighted by molar-refractivity contribution is -0.286. The molecule has 10 nitrogen and oxygen atoms in total. The molecule has 0 saturated heterocycles. The maximum absolute atomic E-state index is 13.4. The minimum atomic E-state index is -3.71. The minimum absolute atomic E-state index is 0.0594. The molecule has 1 aromatic carbocycles. The van der Waals surface area contributed by atoms with E-state index in [4.69, 9.17) is 4.79 Å². The van der Waals surface area contributed by atoms with Crippen molar-refractivity contribution in [2.45, 2.75) is 44.9 Å². The van der Waals surface area contributed by atoms with E-state index in [1.807, 2.05) is 33.8 Å². The average molecular weight is 573 g/mol. The molecule has 1 aliphatic heterocycles. The smallest absolute Gasteiger partial charge is 0.395 e. The zero-order valence-electron chi connectivity index (χ0n) is 23.5. The van der Waals surface area contributed by atoms with Crippen molar-refractivity contribution < 1.29 is 32.6 Å². The van der Waals surface area contributed by atoms with Crippen LogP contribution in [-0.2, 0) is 26.3 Å². The summed E-state index contributed by atoms with van der Waals surface area (Å²) in [4.78, 5) is 38.1. The number of nitrogens with one attached hydrogen (secondary N) is 2. The van der Waals surface area contributed by atoms with E-state index < -0.39 is 11.7 Å². The van der Waals surface area contributed by atoms with E-state index in [0.717, 1.165) is 17.7 Å². The van der Waals surface area contributed by atoms with Gasteiger partial charge >= 0.3 is 6.29 Å². The number of ether oxygens (including phenoxy) is 3. The summed E-state index contributed by atoms with van der Waals surface area (Å²) in [5, 5.41) is 5.90. The van der Waals surface area contributed by atoms with Crippen LogP contribution in [-0.4, -0.2) is 55.9 Å². The average Bonchev–Trinajstić information content (AvgIpc) is 3.72. The number of amides is 1. The van der Waals surface area contributed by atoms with Crippen molar-refractivity contribution in [2.24, 2.45) is 0 Å². The van der Waals surface area contributed by atoms with E-state index in [9.17, 15) is 18.4 Å². The standard InChI is InChI=1S/C25H24F2N4O4.C3H8O.CH2O/c1-15-3-7-20(29-22(15)16-4-8-21(32)31(14-16)12-11-28-2)30-23(33)24(9-10-24)17-5-6-18-19(13-17)35-25(26,27)34-18;1-3-4-2;1-2/h3-8,13-14,28H,9-12H2,1-2H3,(H,29,30,33);3H2,1-2H3;1H2. The highest BCUT2D eigenvalue weighted by Gasteiger charge is 2.53. The van der Waals surface area contributed by atoms with Crippen LogP contribution >= 0.6 is 0 Å². The molecular weight excluding hydrogens is 538 g/mol. The molecule has 1 saturated carbocycles. The lowest BCUT2D eigenvalue weighted by Crippen LogP contribution is -2.28. The summed E-state index contributed by atoms with van der Waals surface area (Å²) >= 11 is 0. The fraction of sp³-hybridized carbons (Fsp3) is 0.379. The van der Waals surface area contributed by atoms with E-state index in [2.05, 4.69) is 29.8 Å². The van der Waals surface area contributed by atoms with Crippen molar-refractivity contribution in [2.75, 3.05) is 32.6 Å². The van der Waals surface area contributed by atoms with Crippen molar-refractivity contribution in [3.63, 3.8) is 0 Å². The van der Waals surface area contributed by atoms with Crippen LogP contribution in [0.2, 0.25) is 0 Å². The van der Waals surface area contributed by atoms with Gasteiger partial charge in [0.15, 0.2) is 11.5 Å². The second kappa shape index (κ2) is 13.5. The number of aryl methyl sites for hydroxylation is 1. The summed E-state index contributed by atoms with van der Waals surface area (Å²) in [5.74, 6) is -0.0573. The normalized spacial score (nSPS) is 15.1. The Labute approximate surface area is 236 Å². The topological polar surface area (TPSA) is 121 Å². The van der Waals surface area contributed by atoms with Gasteiger partial charge in [-0.25, -0.2) is 4.98 Å². The largest absolute Gasteiger partial charge is 0.586 e. The summed E-state index contributed by atoms with van der Waals surface area (Å²) in [5.41, 5.74) is 1.92. The van der Waals surface area contributed by atoms with Crippen molar-refractivity contribution in [3.8, 4) is 22.8 Å². The number of carbonyl (C=O) groups is 2. The first-order valence-corrected chi connectivity index (χ1v) is 12.9. The number of alkyl halides is 2. The number of hydrogen-bond donors (Lipinski definition) is 2. The fourth-order valence-corrected chi connectivity index (χ4v) is 4.22. The van der Waals surface area contributed by atoms with E-state index >= 15 is 0 Å². The summed E-state index contributed by atoms with van der Waals surface area (Å²) < 4.78 is 41.9. The first kappa shape index (κ1) is 31.4. The lowest BCUT2D eigenvalue weighted by Gasteiger charge is -2.17. The van der Waals surface area contributed by atoms with Gasteiger partial charge in [-0.15, -0.1) is 8.78 Å².